The monoisotopic (exact) mass is 178 g/mol. The second-order valence-electron chi connectivity index (χ2n) is 3.44. The molecule has 0 bridgehead atoms. The molecule has 0 unspecified atom stereocenters. The van der Waals surface area contributed by atoms with E-state index in [0.29, 0.717) is 6.04 Å². The molecule has 1 aliphatic carbocycles. The molecule has 2 rings (SSSR count). The first-order valence-electron chi connectivity index (χ1n) is 4.57. The molecule has 1 aromatic rings. The van der Waals surface area contributed by atoms with Crippen molar-refractivity contribution in [3.8, 4) is 5.75 Å². The average molecular weight is 178 g/mol. The number of ether oxygens (including phenoxy) is 1. The van der Waals surface area contributed by atoms with Gasteiger partial charge >= 0.3 is 0 Å². The molecule has 0 aromatic carbocycles. The van der Waals surface area contributed by atoms with Crippen LogP contribution in [0, 0.1) is 6.92 Å². The molecule has 1 aromatic heterocycles. The third-order valence-electron chi connectivity index (χ3n) is 2.16. The van der Waals surface area contributed by atoms with Gasteiger partial charge in [-0.1, -0.05) is 0 Å². The van der Waals surface area contributed by atoms with E-state index in [1.807, 2.05) is 13.0 Å². The average Bonchev–Trinajstić information content (AvgIpc) is 2.89. The largest absolute Gasteiger partial charge is 0.493 e. The van der Waals surface area contributed by atoms with E-state index in [9.17, 15) is 0 Å². The van der Waals surface area contributed by atoms with Crippen LogP contribution < -0.4 is 10.1 Å². The molecule has 1 N–H and O–H groups in total. The highest BCUT2D eigenvalue weighted by molar-refractivity contribution is 5.57. The van der Waals surface area contributed by atoms with Gasteiger partial charge in [0.05, 0.1) is 19.0 Å². The van der Waals surface area contributed by atoms with Crippen LogP contribution in [0.4, 0.5) is 5.69 Å². The summed E-state index contributed by atoms with van der Waals surface area (Å²) >= 11 is 0. The Hall–Kier alpha value is -1.25. The van der Waals surface area contributed by atoms with Crippen molar-refractivity contribution in [3.63, 3.8) is 0 Å². The van der Waals surface area contributed by atoms with E-state index in [-0.39, 0.29) is 0 Å². The number of nitrogens with zero attached hydrogens (tertiary/aromatic N) is 1. The van der Waals surface area contributed by atoms with E-state index in [0.717, 1.165) is 17.1 Å². The molecule has 0 amide bonds. The topological polar surface area (TPSA) is 34.1 Å². The van der Waals surface area contributed by atoms with Gasteiger partial charge < -0.3 is 10.1 Å². The summed E-state index contributed by atoms with van der Waals surface area (Å²) in [7, 11) is 1.67. The minimum Gasteiger partial charge on any atom is -0.493 e. The first-order chi connectivity index (χ1) is 6.29. The summed E-state index contributed by atoms with van der Waals surface area (Å²) in [5, 5.41) is 3.41. The van der Waals surface area contributed by atoms with Crippen LogP contribution in [0.3, 0.4) is 0 Å². The third kappa shape index (κ3) is 1.91. The maximum atomic E-state index is 5.20. The summed E-state index contributed by atoms with van der Waals surface area (Å²) in [6.07, 6.45) is 4.30. The first-order valence-corrected chi connectivity index (χ1v) is 4.57. The lowest BCUT2D eigenvalue weighted by atomic mass is 10.3. The highest BCUT2D eigenvalue weighted by Gasteiger charge is 2.22. The van der Waals surface area contributed by atoms with Gasteiger partial charge in [0.1, 0.15) is 0 Å². The van der Waals surface area contributed by atoms with Crippen molar-refractivity contribution < 1.29 is 4.74 Å². The standard InChI is InChI=1S/C10H14N2O/c1-7-5-9(12-8-3-4-8)10(13-2)6-11-7/h5-6,8H,3-4H2,1-2H3,(H,11,12). The van der Waals surface area contributed by atoms with Gasteiger partial charge in [-0.2, -0.15) is 0 Å². The molecule has 0 saturated heterocycles. The van der Waals surface area contributed by atoms with E-state index in [1.165, 1.54) is 12.8 Å². The second kappa shape index (κ2) is 3.24. The number of pyridine rings is 1. The Balaban J connectivity index is 2.22. The molecule has 1 saturated carbocycles. The van der Waals surface area contributed by atoms with Crippen LogP contribution in [0.25, 0.3) is 0 Å². The molecule has 13 heavy (non-hydrogen) atoms. The van der Waals surface area contributed by atoms with Gasteiger partial charge in [-0.05, 0) is 25.8 Å². The lowest BCUT2D eigenvalue weighted by molar-refractivity contribution is 0.414. The van der Waals surface area contributed by atoms with Gasteiger partial charge in [0.2, 0.25) is 0 Å². The summed E-state index contributed by atoms with van der Waals surface area (Å²) in [6.45, 7) is 1.98. The summed E-state index contributed by atoms with van der Waals surface area (Å²) < 4.78 is 5.20. The van der Waals surface area contributed by atoms with Gasteiger partial charge in [0, 0.05) is 11.7 Å². The highest BCUT2D eigenvalue weighted by Crippen LogP contribution is 2.30. The van der Waals surface area contributed by atoms with E-state index in [1.54, 1.807) is 13.3 Å². The lowest BCUT2D eigenvalue weighted by Crippen LogP contribution is -2.03. The van der Waals surface area contributed by atoms with Crippen LogP contribution in [0.1, 0.15) is 18.5 Å². The van der Waals surface area contributed by atoms with E-state index < -0.39 is 0 Å². The Kier molecular flexibility index (Phi) is 2.08. The quantitative estimate of drug-likeness (QED) is 0.768. The Morgan fingerprint density at radius 2 is 2.31 bits per heavy atom. The van der Waals surface area contributed by atoms with Gasteiger partial charge in [-0.15, -0.1) is 0 Å². The minimum absolute atomic E-state index is 0.649. The summed E-state index contributed by atoms with van der Waals surface area (Å²) in [5.74, 6) is 0.831. The summed E-state index contributed by atoms with van der Waals surface area (Å²) in [5.41, 5.74) is 2.08. The van der Waals surface area contributed by atoms with E-state index in [2.05, 4.69) is 10.3 Å². The normalized spacial score (nSPS) is 15.5. The SMILES string of the molecule is COc1cnc(C)cc1NC1CC1. The predicted octanol–water partition coefficient (Wildman–Crippen LogP) is 1.97. The maximum Gasteiger partial charge on any atom is 0.160 e. The molecule has 0 radical (unpaired) electrons. The number of aryl methyl sites for hydroxylation is 1. The fourth-order valence-corrected chi connectivity index (χ4v) is 1.27. The number of hydrogen-bond acceptors (Lipinski definition) is 3. The fraction of sp³-hybridized carbons (Fsp3) is 0.500. The second-order valence-corrected chi connectivity index (χ2v) is 3.44. The van der Waals surface area contributed by atoms with Crippen LogP contribution in [-0.2, 0) is 0 Å². The smallest absolute Gasteiger partial charge is 0.160 e. The third-order valence-corrected chi connectivity index (χ3v) is 2.16. The van der Waals surface area contributed by atoms with E-state index >= 15 is 0 Å². The number of methoxy groups -OCH3 is 1. The number of hydrogen-bond donors (Lipinski definition) is 1. The Morgan fingerprint density at radius 3 is 2.92 bits per heavy atom. The van der Waals surface area contributed by atoms with Crippen molar-refractivity contribution in [2.75, 3.05) is 12.4 Å². The lowest BCUT2D eigenvalue weighted by Gasteiger charge is -2.10. The van der Waals surface area contributed by atoms with Crippen LogP contribution in [0.15, 0.2) is 12.3 Å². The van der Waals surface area contributed by atoms with Crippen molar-refractivity contribution in [2.45, 2.75) is 25.8 Å². The highest BCUT2D eigenvalue weighted by atomic mass is 16.5. The number of rotatable bonds is 3. The maximum absolute atomic E-state index is 5.20. The molecule has 1 fully saturated rings. The Bertz CT molecular complexity index is 308. The van der Waals surface area contributed by atoms with Gasteiger partial charge in [0.15, 0.2) is 5.75 Å². The number of anilines is 1. The van der Waals surface area contributed by atoms with Crippen molar-refractivity contribution in [3.05, 3.63) is 18.0 Å². The Morgan fingerprint density at radius 1 is 1.54 bits per heavy atom. The van der Waals surface area contributed by atoms with Crippen LogP contribution >= 0.6 is 0 Å². The zero-order valence-corrected chi connectivity index (χ0v) is 8.00. The number of nitrogens with one attached hydrogen (secondary N) is 1. The molecule has 3 nitrogen and oxygen atoms in total. The molecular formula is C10H14N2O. The summed E-state index contributed by atoms with van der Waals surface area (Å²) in [6, 6.07) is 2.67. The van der Waals surface area contributed by atoms with Gasteiger partial charge in [0.25, 0.3) is 0 Å². The van der Waals surface area contributed by atoms with Crippen molar-refractivity contribution in [2.24, 2.45) is 0 Å². The molecule has 0 aliphatic heterocycles. The molecule has 70 valence electrons. The molecular weight excluding hydrogens is 164 g/mol. The number of aromatic nitrogens is 1. The Labute approximate surface area is 78.1 Å². The van der Waals surface area contributed by atoms with E-state index in [4.69, 9.17) is 4.74 Å². The minimum atomic E-state index is 0.649. The summed E-state index contributed by atoms with van der Waals surface area (Å²) in [4.78, 5) is 4.17. The first kappa shape index (κ1) is 8.35. The fourth-order valence-electron chi connectivity index (χ4n) is 1.27. The van der Waals surface area contributed by atoms with Crippen molar-refractivity contribution in [1.29, 1.82) is 0 Å². The zero-order valence-electron chi connectivity index (χ0n) is 8.00. The van der Waals surface area contributed by atoms with Crippen LogP contribution in [0.2, 0.25) is 0 Å². The van der Waals surface area contributed by atoms with Crippen LogP contribution in [0.5, 0.6) is 5.75 Å². The van der Waals surface area contributed by atoms with Crippen molar-refractivity contribution >= 4 is 5.69 Å². The molecule has 3 heteroatoms. The van der Waals surface area contributed by atoms with Gasteiger partial charge in [-0.25, -0.2) is 0 Å². The molecule has 1 heterocycles. The molecule has 1 aliphatic rings. The zero-order chi connectivity index (χ0) is 9.26. The van der Waals surface area contributed by atoms with Gasteiger partial charge in [-0.3, -0.25) is 4.98 Å². The van der Waals surface area contributed by atoms with Crippen molar-refractivity contribution in [1.82, 2.24) is 4.98 Å². The molecule has 0 spiro atoms. The molecule has 0 atom stereocenters. The van der Waals surface area contributed by atoms with Crippen LogP contribution in [-0.4, -0.2) is 18.1 Å². The predicted molar refractivity (Wildman–Crippen MR) is 52.2 cm³/mol.